The molecule has 0 bridgehead atoms. The van der Waals surface area contributed by atoms with E-state index in [2.05, 4.69) is 10.4 Å². The minimum Gasteiger partial charge on any atom is -0.366 e. The van der Waals surface area contributed by atoms with Crippen molar-refractivity contribution in [2.45, 2.75) is 12.7 Å². The van der Waals surface area contributed by atoms with E-state index in [0.29, 0.717) is 5.69 Å². The molecule has 2 rings (SSSR count). The van der Waals surface area contributed by atoms with Gasteiger partial charge in [0.05, 0.1) is 0 Å². The normalized spacial score (nSPS) is 11.2. The molecule has 0 radical (unpaired) electrons. The summed E-state index contributed by atoms with van der Waals surface area (Å²) in [6.45, 7) is -0.367. The number of hydrogen-bond acceptors (Lipinski definition) is 3. The van der Waals surface area contributed by atoms with E-state index in [1.165, 1.54) is 24.3 Å². The van der Waals surface area contributed by atoms with Gasteiger partial charge in [-0.1, -0.05) is 0 Å². The number of nitrogens with one attached hydrogen (secondary N) is 1. The summed E-state index contributed by atoms with van der Waals surface area (Å²) < 4.78 is 38.0. The minimum absolute atomic E-state index is 0.278. The fraction of sp³-hybridized carbons (Fsp3) is 0.154. The Morgan fingerprint density at radius 2 is 1.82 bits per heavy atom. The average molecular weight is 312 g/mol. The van der Waals surface area contributed by atoms with Crippen molar-refractivity contribution in [1.29, 1.82) is 0 Å². The maximum Gasteiger partial charge on any atom is 0.435 e. The lowest BCUT2D eigenvalue weighted by Crippen LogP contribution is -2.20. The first-order valence-corrected chi connectivity index (χ1v) is 6.06. The maximum absolute atomic E-state index is 12.4. The van der Waals surface area contributed by atoms with Crippen molar-refractivity contribution in [3.8, 4) is 0 Å². The van der Waals surface area contributed by atoms with Crippen LogP contribution in [0.2, 0.25) is 0 Å². The number of anilines is 1. The Labute approximate surface area is 122 Å². The quantitative estimate of drug-likeness (QED) is 0.899. The van der Waals surface area contributed by atoms with Crippen LogP contribution >= 0.6 is 0 Å². The topological polar surface area (TPSA) is 90.0 Å². The Morgan fingerprint density at radius 1 is 1.18 bits per heavy atom. The molecule has 0 saturated carbocycles. The van der Waals surface area contributed by atoms with Crippen LogP contribution in [0, 0.1) is 0 Å². The molecular formula is C13H11F3N4O2. The molecule has 2 amide bonds. The monoisotopic (exact) mass is 312 g/mol. The van der Waals surface area contributed by atoms with Crippen molar-refractivity contribution in [2.24, 2.45) is 5.73 Å². The van der Waals surface area contributed by atoms with Gasteiger partial charge in [0.25, 0.3) is 0 Å². The lowest BCUT2D eigenvalue weighted by molar-refractivity contribution is -0.141. The zero-order chi connectivity index (χ0) is 16.3. The van der Waals surface area contributed by atoms with E-state index in [9.17, 15) is 22.8 Å². The third kappa shape index (κ3) is 3.84. The Morgan fingerprint density at radius 3 is 2.32 bits per heavy atom. The molecular weight excluding hydrogens is 301 g/mol. The van der Waals surface area contributed by atoms with Crippen LogP contribution < -0.4 is 11.1 Å². The second kappa shape index (κ2) is 5.88. The van der Waals surface area contributed by atoms with E-state index >= 15 is 0 Å². The fourth-order valence-corrected chi connectivity index (χ4v) is 1.67. The highest BCUT2D eigenvalue weighted by molar-refractivity contribution is 5.94. The highest BCUT2D eigenvalue weighted by Gasteiger charge is 2.33. The van der Waals surface area contributed by atoms with Gasteiger partial charge in [0.2, 0.25) is 11.8 Å². The van der Waals surface area contributed by atoms with Gasteiger partial charge in [0.15, 0.2) is 5.69 Å². The van der Waals surface area contributed by atoms with Crippen LogP contribution in [-0.4, -0.2) is 21.6 Å². The van der Waals surface area contributed by atoms with Crippen molar-refractivity contribution in [2.75, 3.05) is 5.32 Å². The van der Waals surface area contributed by atoms with Crippen molar-refractivity contribution in [1.82, 2.24) is 9.78 Å². The van der Waals surface area contributed by atoms with Crippen molar-refractivity contribution >= 4 is 17.5 Å². The Kier molecular flexibility index (Phi) is 4.15. The average Bonchev–Trinajstić information content (AvgIpc) is 2.87. The number of carbonyl (C=O) groups excluding carboxylic acids is 2. The highest BCUT2D eigenvalue weighted by Crippen LogP contribution is 2.27. The van der Waals surface area contributed by atoms with Crippen LogP contribution in [-0.2, 0) is 17.5 Å². The molecule has 0 atom stereocenters. The summed E-state index contributed by atoms with van der Waals surface area (Å²) in [5, 5.41) is 5.74. The molecule has 0 aliphatic heterocycles. The summed E-state index contributed by atoms with van der Waals surface area (Å²) in [6, 6.07) is 6.56. The summed E-state index contributed by atoms with van der Waals surface area (Å²) in [5.41, 5.74) is 4.68. The van der Waals surface area contributed by atoms with Gasteiger partial charge in [-0.3, -0.25) is 14.3 Å². The van der Waals surface area contributed by atoms with Gasteiger partial charge in [-0.2, -0.15) is 18.3 Å². The summed E-state index contributed by atoms with van der Waals surface area (Å²) in [6.07, 6.45) is -3.48. The highest BCUT2D eigenvalue weighted by atomic mass is 19.4. The summed E-state index contributed by atoms with van der Waals surface area (Å²) in [7, 11) is 0. The minimum atomic E-state index is -4.55. The molecule has 1 heterocycles. The van der Waals surface area contributed by atoms with Crippen LogP contribution in [0.1, 0.15) is 16.1 Å². The van der Waals surface area contributed by atoms with E-state index < -0.39 is 23.7 Å². The number of nitrogens with zero attached hydrogens (tertiary/aromatic N) is 2. The van der Waals surface area contributed by atoms with Crippen LogP contribution in [0.5, 0.6) is 0 Å². The second-order valence-electron chi connectivity index (χ2n) is 4.39. The van der Waals surface area contributed by atoms with Gasteiger partial charge in [-0.05, 0) is 30.3 Å². The molecule has 3 N–H and O–H groups in total. The standard InChI is InChI=1S/C13H11F3N4O2/c14-13(15,16)10-5-6-20(19-10)7-11(21)18-9-3-1-8(2-4-9)12(17)22/h1-6H,7H2,(H2,17,22)(H,18,21). The van der Waals surface area contributed by atoms with E-state index in [4.69, 9.17) is 5.73 Å². The van der Waals surface area contributed by atoms with Crippen molar-refractivity contribution in [3.63, 3.8) is 0 Å². The van der Waals surface area contributed by atoms with Crippen LogP contribution in [0.25, 0.3) is 0 Å². The molecule has 0 fully saturated rings. The predicted molar refractivity (Wildman–Crippen MR) is 70.8 cm³/mol. The number of nitrogens with two attached hydrogens (primary N) is 1. The van der Waals surface area contributed by atoms with Crippen LogP contribution in [0.15, 0.2) is 36.5 Å². The summed E-state index contributed by atoms with van der Waals surface area (Å²) >= 11 is 0. The molecule has 0 unspecified atom stereocenters. The molecule has 116 valence electrons. The van der Waals surface area contributed by atoms with Gasteiger partial charge in [-0.15, -0.1) is 0 Å². The zero-order valence-electron chi connectivity index (χ0n) is 11.1. The van der Waals surface area contributed by atoms with E-state index in [1.807, 2.05) is 0 Å². The van der Waals surface area contributed by atoms with E-state index in [1.54, 1.807) is 0 Å². The van der Waals surface area contributed by atoms with Gasteiger partial charge in [0, 0.05) is 17.4 Å². The number of alkyl halides is 3. The van der Waals surface area contributed by atoms with E-state index in [0.717, 1.165) is 16.9 Å². The van der Waals surface area contributed by atoms with Gasteiger partial charge in [0.1, 0.15) is 6.54 Å². The fourth-order valence-electron chi connectivity index (χ4n) is 1.67. The number of halogens is 3. The van der Waals surface area contributed by atoms with Gasteiger partial charge < -0.3 is 11.1 Å². The van der Waals surface area contributed by atoms with E-state index in [-0.39, 0.29) is 12.1 Å². The summed E-state index contributed by atoms with van der Waals surface area (Å²) in [4.78, 5) is 22.6. The molecule has 1 aromatic carbocycles. The zero-order valence-corrected chi connectivity index (χ0v) is 11.1. The Hall–Kier alpha value is -2.84. The Bertz CT molecular complexity index is 692. The van der Waals surface area contributed by atoms with Crippen LogP contribution in [0.3, 0.4) is 0 Å². The lowest BCUT2D eigenvalue weighted by atomic mass is 10.2. The first-order chi connectivity index (χ1) is 10.3. The predicted octanol–water partition coefficient (Wildman–Crippen LogP) is 1.64. The largest absolute Gasteiger partial charge is 0.435 e. The molecule has 0 aliphatic carbocycles. The SMILES string of the molecule is NC(=O)c1ccc(NC(=O)Cn2ccc(C(F)(F)F)n2)cc1. The molecule has 22 heavy (non-hydrogen) atoms. The molecule has 6 nitrogen and oxygen atoms in total. The van der Waals surface area contributed by atoms with Crippen molar-refractivity contribution < 1.29 is 22.8 Å². The number of primary amides is 1. The lowest BCUT2D eigenvalue weighted by Gasteiger charge is -2.06. The number of hydrogen-bond donors (Lipinski definition) is 2. The maximum atomic E-state index is 12.4. The molecule has 9 heteroatoms. The molecule has 0 aliphatic rings. The van der Waals surface area contributed by atoms with Crippen LogP contribution in [0.4, 0.5) is 18.9 Å². The van der Waals surface area contributed by atoms with Gasteiger partial charge in [-0.25, -0.2) is 0 Å². The van der Waals surface area contributed by atoms with Crippen molar-refractivity contribution in [3.05, 3.63) is 47.8 Å². The number of benzene rings is 1. The smallest absolute Gasteiger partial charge is 0.366 e. The molecule has 0 saturated heterocycles. The first kappa shape index (κ1) is 15.5. The Balaban J connectivity index is 1.98. The molecule has 2 aromatic rings. The first-order valence-electron chi connectivity index (χ1n) is 6.06. The molecule has 1 aromatic heterocycles. The third-order valence-corrected chi connectivity index (χ3v) is 2.69. The molecule has 0 spiro atoms. The second-order valence-corrected chi connectivity index (χ2v) is 4.39. The number of carbonyl (C=O) groups is 2. The number of aromatic nitrogens is 2. The third-order valence-electron chi connectivity index (χ3n) is 2.69. The number of rotatable bonds is 4. The summed E-state index contributed by atoms with van der Waals surface area (Å²) in [5.74, 6) is -1.15. The van der Waals surface area contributed by atoms with Gasteiger partial charge >= 0.3 is 6.18 Å². The number of amides is 2.